The van der Waals surface area contributed by atoms with E-state index in [1.165, 1.54) is 10.4 Å². The summed E-state index contributed by atoms with van der Waals surface area (Å²) in [4.78, 5) is 0. The summed E-state index contributed by atoms with van der Waals surface area (Å²) in [5.74, 6) is 1.13. The van der Waals surface area contributed by atoms with Crippen molar-refractivity contribution < 1.29 is 34.2 Å². The van der Waals surface area contributed by atoms with Crippen LogP contribution in [0, 0.1) is 0 Å². The van der Waals surface area contributed by atoms with E-state index in [0.29, 0.717) is 19.2 Å². The summed E-state index contributed by atoms with van der Waals surface area (Å²) in [5.41, 5.74) is 5.91. The first kappa shape index (κ1) is 30.4. The van der Waals surface area contributed by atoms with Gasteiger partial charge in [0.25, 0.3) is 8.32 Å². The SMILES string of the molecule is CC(C)(C)[Si](OC[C@@H]1CC[N+]2=C(N[C@H](CN)CC2)N1)(c1ccccc1)c1ccccc1.F[P-](F)(F)(F)(F)F. The summed E-state index contributed by atoms with van der Waals surface area (Å²) in [5, 5.41) is 9.97. The van der Waals surface area contributed by atoms with E-state index in [1.54, 1.807) is 0 Å². The number of rotatable bonds is 6. The fourth-order valence-corrected chi connectivity index (χ4v) is 9.61. The van der Waals surface area contributed by atoms with Gasteiger partial charge in [-0.1, -0.05) is 81.4 Å². The summed E-state index contributed by atoms with van der Waals surface area (Å²) in [6.07, 6.45) is 2.18. The molecule has 0 fully saturated rings. The molecule has 0 aromatic heterocycles. The van der Waals surface area contributed by atoms with Gasteiger partial charge in [0.15, 0.2) is 0 Å². The molecule has 4 N–H and O–H groups in total. The fourth-order valence-electron chi connectivity index (χ4n) is 5.00. The molecule has 2 heterocycles. The molecule has 38 heavy (non-hydrogen) atoms. The maximum atomic E-state index is 9.87. The van der Waals surface area contributed by atoms with Gasteiger partial charge in [-0.3, -0.25) is 15.2 Å². The second-order valence-electron chi connectivity index (χ2n) is 10.8. The first-order chi connectivity index (χ1) is 17.4. The number of nitrogens with two attached hydrogens (primary N) is 1. The van der Waals surface area contributed by atoms with Crippen LogP contribution in [0.3, 0.4) is 0 Å². The van der Waals surface area contributed by atoms with E-state index in [1.807, 2.05) is 0 Å². The number of guanidine groups is 1. The van der Waals surface area contributed by atoms with Crippen LogP contribution in [-0.2, 0) is 4.43 Å². The average Bonchev–Trinajstić information content (AvgIpc) is 2.82. The Kier molecular flexibility index (Phi) is 8.35. The van der Waals surface area contributed by atoms with Crippen molar-refractivity contribution in [2.45, 2.75) is 50.7 Å². The predicted molar refractivity (Wildman–Crippen MR) is 144 cm³/mol. The molecule has 0 saturated carbocycles. The van der Waals surface area contributed by atoms with Crippen LogP contribution in [0.2, 0.25) is 5.04 Å². The van der Waals surface area contributed by atoms with E-state index >= 15 is 0 Å². The molecule has 2 aliphatic rings. The first-order valence-electron chi connectivity index (χ1n) is 12.6. The first-order valence-corrected chi connectivity index (χ1v) is 16.5. The number of nitrogens with one attached hydrogen (secondary N) is 2. The molecule has 214 valence electrons. The monoisotopic (exact) mass is 582 g/mol. The van der Waals surface area contributed by atoms with Gasteiger partial charge in [-0.25, -0.2) is 0 Å². The third-order valence-corrected chi connectivity index (χ3v) is 11.7. The Morgan fingerprint density at radius 2 is 1.26 bits per heavy atom. The van der Waals surface area contributed by atoms with Crippen molar-refractivity contribution in [3.05, 3.63) is 60.7 Å². The van der Waals surface area contributed by atoms with Crippen molar-refractivity contribution in [2.24, 2.45) is 5.73 Å². The zero-order valence-corrected chi connectivity index (χ0v) is 23.7. The molecule has 2 aromatic rings. The average molecular weight is 583 g/mol. The molecule has 2 atom stereocenters. The Bertz CT molecular complexity index is 1060. The third-order valence-electron chi connectivity index (χ3n) is 6.70. The van der Waals surface area contributed by atoms with Gasteiger partial charge in [0, 0.05) is 19.4 Å². The van der Waals surface area contributed by atoms with Crippen LogP contribution in [-0.4, -0.2) is 57.2 Å². The van der Waals surface area contributed by atoms with Crippen LogP contribution in [0.5, 0.6) is 0 Å². The Hall–Kier alpha value is -2.14. The van der Waals surface area contributed by atoms with Gasteiger partial charge < -0.3 is 10.2 Å². The van der Waals surface area contributed by atoms with E-state index < -0.39 is 16.1 Å². The summed E-state index contributed by atoms with van der Waals surface area (Å²) in [6.45, 7) is 10.5. The molecule has 2 aromatic carbocycles. The van der Waals surface area contributed by atoms with Gasteiger partial charge in [-0.05, 0) is 15.4 Å². The molecular formula is C25H37F6N4OPSi. The number of hydrogen-bond acceptors (Lipinski definition) is 4. The zero-order chi connectivity index (χ0) is 28.3. The molecule has 4 rings (SSSR count). The minimum absolute atomic E-state index is 0.00269. The van der Waals surface area contributed by atoms with Crippen LogP contribution in [0.25, 0.3) is 0 Å². The number of nitrogens with zero attached hydrogens (tertiary/aromatic N) is 1. The summed E-state index contributed by atoms with van der Waals surface area (Å²) in [6, 6.07) is 22.4. The van der Waals surface area contributed by atoms with Crippen LogP contribution in [0.1, 0.15) is 33.6 Å². The number of hydrogen-bond donors (Lipinski definition) is 3. The van der Waals surface area contributed by atoms with E-state index in [9.17, 15) is 25.2 Å². The molecule has 0 radical (unpaired) electrons. The van der Waals surface area contributed by atoms with Crippen LogP contribution in [0.15, 0.2) is 60.7 Å². The molecule has 0 amide bonds. The van der Waals surface area contributed by atoms with E-state index in [0.717, 1.165) is 31.9 Å². The second kappa shape index (κ2) is 10.4. The summed E-state index contributed by atoms with van der Waals surface area (Å²) < 4.78 is 68.7. The van der Waals surface area contributed by atoms with Gasteiger partial charge in [-0.15, -0.1) is 0 Å². The Labute approximate surface area is 220 Å². The quantitative estimate of drug-likeness (QED) is 0.194. The predicted octanol–water partition coefficient (Wildman–Crippen LogP) is 5.00. The molecule has 13 heteroatoms. The van der Waals surface area contributed by atoms with Crippen molar-refractivity contribution in [1.29, 1.82) is 0 Å². The maximum absolute atomic E-state index is 10.7. The second-order valence-corrected chi connectivity index (χ2v) is 17.0. The fraction of sp³-hybridized carbons (Fsp3) is 0.480. The van der Waals surface area contributed by atoms with Crippen molar-refractivity contribution in [2.75, 3.05) is 26.2 Å². The van der Waals surface area contributed by atoms with Crippen molar-refractivity contribution >= 4 is 32.5 Å². The van der Waals surface area contributed by atoms with Gasteiger partial charge in [0.05, 0.1) is 31.8 Å². The molecule has 0 unspecified atom stereocenters. The third kappa shape index (κ3) is 8.69. The van der Waals surface area contributed by atoms with Gasteiger partial charge in [0.2, 0.25) is 0 Å². The Morgan fingerprint density at radius 1 is 0.842 bits per heavy atom. The molecule has 0 spiro atoms. The molecule has 0 aliphatic carbocycles. The van der Waals surface area contributed by atoms with Gasteiger partial charge >= 0.3 is 38.9 Å². The molecule has 0 bridgehead atoms. The number of benzene rings is 2. The summed E-state index contributed by atoms with van der Waals surface area (Å²) in [7, 11) is -13.2. The topological polar surface area (TPSA) is 62.3 Å². The molecular weight excluding hydrogens is 545 g/mol. The van der Waals surface area contributed by atoms with Crippen LogP contribution >= 0.6 is 7.81 Å². The van der Waals surface area contributed by atoms with Crippen molar-refractivity contribution in [3.63, 3.8) is 0 Å². The van der Waals surface area contributed by atoms with E-state index in [-0.39, 0.29) is 11.1 Å². The Morgan fingerprint density at radius 3 is 1.68 bits per heavy atom. The van der Waals surface area contributed by atoms with Crippen molar-refractivity contribution in [1.82, 2.24) is 10.6 Å². The minimum atomic E-state index is -10.7. The molecule has 0 saturated heterocycles. The van der Waals surface area contributed by atoms with Crippen LogP contribution < -0.4 is 26.7 Å². The van der Waals surface area contributed by atoms with Crippen molar-refractivity contribution in [3.8, 4) is 0 Å². The normalized spacial score (nSPS) is 22.1. The molecule has 2 aliphatic heterocycles. The van der Waals surface area contributed by atoms with Gasteiger partial charge in [0.1, 0.15) is 0 Å². The summed E-state index contributed by atoms with van der Waals surface area (Å²) >= 11 is 0. The van der Waals surface area contributed by atoms with E-state index in [2.05, 4.69) is 96.6 Å². The van der Waals surface area contributed by atoms with Crippen LogP contribution in [0.4, 0.5) is 25.2 Å². The Balaban J connectivity index is 0.000000505. The zero-order valence-electron chi connectivity index (χ0n) is 21.8. The molecule has 5 nitrogen and oxygen atoms in total. The standard InChI is InChI=1S/C25H36N4OSi.F6P/c1-25(2,3)31(22-10-6-4-7-11-22,23-12-8-5-9-13-23)30-19-21-15-17-29-16-14-20(18-26)27-24(29)28-21;1-7(2,3,4,5)6/h4-13,20-21H,14-19,26H2,1-3H3,(H,27,28);/q;-1/p+1/t20-,21-;/m0./s1. The van der Waals surface area contributed by atoms with E-state index in [4.69, 9.17) is 10.2 Å². The number of halogens is 6. The van der Waals surface area contributed by atoms with Gasteiger partial charge in [-0.2, -0.15) is 0 Å².